The van der Waals surface area contributed by atoms with Gasteiger partial charge in [-0.1, -0.05) is 0 Å². The molecule has 0 radical (unpaired) electrons. The molecule has 0 saturated heterocycles. The molecule has 0 aliphatic rings. The molecule has 1 aromatic rings. The molecule has 0 aliphatic carbocycles. The van der Waals surface area contributed by atoms with Gasteiger partial charge in [-0.3, -0.25) is 0 Å². The van der Waals surface area contributed by atoms with Gasteiger partial charge in [-0.15, -0.1) is 17.0 Å². The van der Waals surface area contributed by atoms with Crippen LogP contribution >= 0.6 is 36.4 Å². The topological polar surface area (TPSA) is 0 Å². The Labute approximate surface area is 93.3 Å². The van der Waals surface area contributed by atoms with Crippen molar-refractivity contribution in [3.8, 4) is 0 Å². The number of hydrogen-bond donors (Lipinski definition) is 0. The number of rotatable bonds is 2. The standard InChI is InChI=1S/C7H7.BrH.2ClH.FH.Zn/c1-7-5-3-2-4-6-7;;;;;/h2-6H,1H2;4*1H;/q;;;;;+3/p-3. The summed E-state index contributed by atoms with van der Waals surface area (Å²) < 4.78 is 12.8. The zero-order chi connectivity index (χ0) is 8.32. The van der Waals surface area contributed by atoms with E-state index in [9.17, 15) is 3.32 Å². The van der Waals surface area contributed by atoms with E-state index in [1.54, 1.807) is 0 Å². The summed E-state index contributed by atoms with van der Waals surface area (Å²) in [6, 6.07) is 9.24. The van der Waals surface area contributed by atoms with Crippen molar-refractivity contribution in [2.45, 2.75) is 5.02 Å². The Balaban J connectivity index is 0.00000121. The third kappa shape index (κ3) is 5.47. The van der Waals surface area contributed by atoms with Crippen LogP contribution < -0.4 is 0 Å². The van der Waals surface area contributed by atoms with E-state index in [0.717, 1.165) is 5.56 Å². The zero-order valence-electron chi connectivity index (χ0n) is 6.34. The molecule has 0 N–H and O–H groups in total. The summed E-state index contributed by atoms with van der Waals surface area (Å²) in [7, 11) is 10.8. The maximum atomic E-state index is 12.8. The summed E-state index contributed by atoms with van der Waals surface area (Å²) in [5, 5.41) is 0.244. The first-order valence-corrected chi connectivity index (χ1v) is 14.6. The summed E-state index contributed by atoms with van der Waals surface area (Å²) >= 11 is -4.20. The van der Waals surface area contributed by atoms with E-state index in [0.29, 0.717) is 0 Å². The molecule has 0 aromatic heterocycles. The van der Waals surface area contributed by atoms with Gasteiger partial charge >= 0.3 is 76.9 Å². The van der Waals surface area contributed by atoms with Crippen molar-refractivity contribution in [1.82, 2.24) is 0 Å². The van der Waals surface area contributed by atoms with Gasteiger partial charge in [-0.2, -0.15) is 0 Å². The fourth-order valence-corrected chi connectivity index (χ4v) is 5.31. The first-order chi connectivity index (χ1) is 5.08. The molecule has 1 rings (SSSR count). The fraction of sp³-hybridized carbons (Fsp3) is 0.143. The Morgan fingerprint density at radius 1 is 1.17 bits per heavy atom. The van der Waals surface area contributed by atoms with Crippen molar-refractivity contribution in [1.29, 1.82) is 0 Å². The Morgan fingerprint density at radius 3 is 2.08 bits per heavy atom. The monoisotopic (exact) mass is 324 g/mol. The van der Waals surface area contributed by atoms with Crippen LogP contribution in [0, 0.1) is 0 Å². The molecule has 0 spiro atoms. The Bertz CT molecular complexity index is 225. The second-order valence-electron chi connectivity index (χ2n) is 2.61. The Morgan fingerprint density at radius 2 is 1.67 bits per heavy atom. The van der Waals surface area contributed by atoms with E-state index in [4.69, 9.17) is 19.4 Å². The average molecular weight is 327 g/mol. The van der Waals surface area contributed by atoms with E-state index < -0.39 is 13.3 Å². The van der Waals surface area contributed by atoms with Gasteiger partial charge in [0, 0.05) is 0 Å². The summed E-state index contributed by atoms with van der Waals surface area (Å²) in [6.07, 6.45) is 0. The predicted octanol–water partition coefficient (Wildman–Crippen LogP) is 4.11. The quantitative estimate of drug-likeness (QED) is 0.717. The van der Waals surface area contributed by atoms with Gasteiger partial charge in [0.05, 0.1) is 0 Å². The Hall–Kier alpha value is 0.833. The van der Waals surface area contributed by atoms with E-state index in [1.807, 2.05) is 30.3 Å². The molecule has 0 bridgehead atoms. The van der Waals surface area contributed by atoms with Crippen LogP contribution in [0.1, 0.15) is 5.56 Å². The molecule has 12 heavy (non-hydrogen) atoms. The normalized spacial score (nSPS) is 9.25. The fourth-order valence-electron chi connectivity index (χ4n) is 0.972. The minimum atomic E-state index is -4.20. The summed E-state index contributed by atoms with van der Waals surface area (Å²) in [5.41, 5.74) is 0.889. The van der Waals surface area contributed by atoms with Gasteiger partial charge < -0.3 is 0 Å². The van der Waals surface area contributed by atoms with Crippen molar-refractivity contribution in [3.63, 3.8) is 0 Å². The SMILES string of the molecule is Br.[F][Zn]([Cl])([Cl])[CH2]c1ccccc1. The van der Waals surface area contributed by atoms with Crippen molar-refractivity contribution in [2.24, 2.45) is 0 Å². The molecule has 66 valence electrons. The second kappa shape index (κ2) is 5.54. The molecule has 0 atom stereocenters. The summed E-state index contributed by atoms with van der Waals surface area (Å²) in [5.74, 6) is 0. The maximum absolute atomic E-state index is 12.8. The number of halogens is 4. The van der Waals surface area contributed by atoms with Crippen LogP contribution in [0.3, 0.4) is 0 Å². The van der Waals surface area contributed by atoms with Gasteiger partial charge in [0.1, 0.15) is 0 Å². The average Bonchev–Trinajstić information content (AvgIpc) is 1.85. The van der Waals surface area contributed by atoms with Gasteiger partial charge in [-0.05, 0) is 0 Å². The third-order valence-electron chi connectivity index (χ3n) is 1.41. The number of hydrogen-bond acceptors (Lipinski definition) is 0. The Kier molecular flexibility index (Phi) is 5.92. The molecule has 0 nitrogen and oxygen atoms in total. The van der Waals surface area contributed by atoms with Crippen LogP contribution in [0.4, 0.5) is 3.32 Å². The van der Waals surface area contributed by atoms with Crippen LogP contribution in [0.25, 0.3) is 0 Å². The van der Waals surface area contributed by atoms with E-state index in [1.165, 1.54) is 0 Å². The van der Waals surface area contributed by atoms with Crippen LogP contribution in [-0.4, -0.2) is 0 Å². The van der Waals surface area contributed by atoms with Gasteiger partial charge in [0.15, 0.2) is 0 Å². The molecule has 0 unspecified atom stereocenters. The van der Waals surface area contributed by atoms with E-state index in [-0.39, 0.29) is 22.0 Å². The van der Waals surface area contributed by atoms with Crippen molar-refractivity contribution < 1.29 is 16.6 Å². The molecule has 5 heteroatoms. The molecule has 0 heterocycles. The van der Waals surface area contributed by atoms with Gasteiger partial charge in [0.2, 0.25) is 0 Å². The van der Waals surface area contributed by atoms with Crippen LogP contribution in [0.15, 0.2) is 30.3 Å². The van der Waals surface area contributed by atoms with Crippen LogP contribution in [0.2, 0.25) is 0 Å². The molecular formula is C7H8BrCl2FZn. The van der Waals surface area contributed by atoms with Gasteiger partial charge in [-0.25, -0.2) is 0 Å². The molecule has 0 fully saturated rings. The first kappa shape index (κ1) is 12.8. The molecule has 1 aromatic carbocycles. The van der Waals surface area contributed by atoms with E-state index in [2.05, 4.69) is 0 Å². The predicted molar refractivity (Wildman–Crippen MR) is 53.3 cm³/mol. The third-order valence-corrected chi connectivity index (χ3v) is 5.78. The molecule has 0 amide bonds. The van der Waals surface area contributed by atoms with Crippen LogP contribution in [0.5, 0.6) is 0 Å². The van der Waals surface area contributed by atoms with Gasteiger partial charge in [0.25, 0.3) is 0 Å². The van der Waals surface area contributed by atoms with Crippen molar-refractivity contribution in [3.05, 3.63) is 35.9 Å². The zero-order valence-corrected chi connectivity index (χ0v) is 12.5. The molecular weight excluding hydrogens is 319 g/mol. The van der Waals surface area contributed by atoms with Crippen LogP contribution in [-0.2, 0) is 18.3 Å². The summed E-state index contributed by atoms with van der Waals surface area (Å²) in [4.78, 5) is 0. The van der Waals surface area contributed by atoms with E-state index >= 15 is 0 Å². The first-order valence-electron chi connectivity index (χ1n) is 3.57. The molecule has 0 saturated carbocycles. The summed E-state index contributed by atoms with van der Waals surface area (Å²) in [6.45, 7) is 0. The van der Waals surface area contributed by atoms with Crippen molar-refractivity contribution in [2.75, 3.05) is 0 Å². The van der Waals surface area contributed by atoms with Crippen molar-refractivity contribution >= 4 is 36.4 Å². The second-order valence-corrected chi connectivity index (χ2v) is 17.5. The minimum absolute atomic E-state index is 0. The molecule has 0 aliphatic heterocycles. The number of benzene rings is 1.